The van der Waals surface area contributed by atoms with Gasteiger partial charge in [0.15, 0.2) is 0 Å². The van der Waals surface area contributed by atoms with Crippen molar-refractivity contribution < 1.29 is 4.79 Å². The van der Waals surface area contributed by atoms with E-state index >= 15 is 0 Å². The second-order valence-electron chi connectivity index (χ2n) is 5.47. The van der Waals surface area contributed by atoms with E-state index in [1.165, 1.54) is 29.7 Å². The molecule has 2 aromatic heterocycles. The van der Waals surface area contributed by atoms with Crippen molar-refractivity contribution in [2.75, 3.05) is 6.54 Å². The molecule has 1 aliphatic carbocycles. The molecule has 4 heteroatoms. The highest BCUT2D eigenvalue weighted by Crippen LogP contribution is 2.32. The van der Waals surface area contributed by atoms with Gasteiger partial charge in [-0.15, -0.1) is 11.3 Å². The van der Waals surface area contributed by atoms with Crippen LogP contribution >= 0.6 is 11.3 Å². The van der Waals surface area contributed by atoms with Crippen LogP contribution in [0.3, 0.4) is 0 Å². The second-order valence-corrected chi connectivity index (χ2v) is 6.47. The maximum Gasteiger partial charge on any atom is 0.261 e. The summed E-state index contributed by atoms with van der Waals surface area (Å²) in [6, 6.07) is 2.08. The van der Waals surface area contributed by atoms with E-state index in [1.54, 1.807) is 0 Å². The van der Waals surface area contributed by atoms with Crippen LogP contribution in [0.1, 0.15) is 39.3 Å². The first-order valence-electron chi connectivity index (χ1n) is 6.72. The standard InChI is InChI=1S/C15H18N2OS/c1-8-6-9(2)17-15-12(8)10(3)13(19-15)14(18)16-7-11-4-5-11/h6,11H,4-5,7H2,1-3H3,(H,16,18). The fourth-order valence-electron chi connectivity index (χ4n) is 2.48. The SMILES string of the molecule is Cc1cc(C)c2c(C)c(C(=O)NCC3CC3)sc2n1. The van der Waals surface area contributed by atoms with E-state index in [-0.39, 0.29) is 5.91 Å². The van der Waals surface area contributed by atoms with Crippen molar-refractivity contribution in [3.05, 3.63) is 27.8 Å². The maximum absolute atomic E-state index is 12.2. The van der Waals surface area contributed by atoms with Gasteiger partial charge in [-0.1, -0.05) is 0 Å². The largest absolute Gasteiger partial charge is 0.351 e. The number of aryl methyl sites for hydroxylation is 3. The van der Waals surface area contributed by atoms with E-state index in [1.807, 2.05) is 13.8 Å². The molecule has 19 heavy (non-hydrogen) atoms. The molecule has 1 aliphatic rings. The molecular formula is C15H18N2OS. The number of rotatable bonds is 3. The number of pyridine rings is 1. The summed E-state index contributed by atoms with van der Waals surface area (Å²) >= 11 is 1.51. The number of thiophene rings is 1. The molecule has 1 N–H and O–H groups in total. The molecule has 100 valence electrons. The molecule has 2 heterocycles. The first kappa shape index (κ1) is 12.6. The second kappa shape index (κ2) is 4.60. The summed E-state index contributed by atoms with van der Waals surface area (Å²) in [7, 11) is 0. The van der Waals surface area contributed by atoms with Crippen molar-refractivity contribution in [1.29, 1.82) is 0 Å². The van der Waals surface area contributed by atoms with E-state index in [4.69, 9.17) is 0 Å². The fraction of sp³-hybridized carbons (Fsp3) is 0.467. The van der Waals surface area contributed by atoms with Gasteiger partial charge in [-0.05, 0) is 56.7 Å². The lowest BCUT2D eigenvalue weighted by molar-refractivity contribution is 0.0955. The third kappa shape index (κ3) is 2.37. The van der Waals surface area contributed by atoms with Gasteiger partial charge in [-0.2, -0.15) is 0 Å². The summed E-state index contributed by atoms with van der Waals surface area (Å²) in [5, 5.41) is 4.19. The third-order valence-corrected chi connectivity index (χ3v) is 4.86. The molecule has 0 radical (unpaired) electrons. The molecule has 3 nitrogen and oxygen atoms in total. The van der Waals surface area contributed by atoms with Crippen LogP contribution in [0.2, 0.25) is 0 Å². The highest BCUT2D eigenvalue weighted by molar-refractivity contribution is 7.20. The van der Waals surface area contributed by atoms with Crippen molar-refractivity contribution in [1.82, 2.24) is 10.3 Å². The lowest BCUT2D eigenvalue weighted by Crippen LogP contribution is -2.25. The number of nitrogens with one attached hydrogen (secondary N) is 1. The number of hydrogen-bond donors (Lipinski definition) is 1. The topological polar surface area (TPSA) is 42.0 Å². The number of carbonyl (C=O) groups is 1. The van der Waals surface area contributed by atoms with Crippen molar-refractivity contribution in [2.24, 2.45) is 5.92 Å². The van der Waals surface area contributed by atoms with Gasteiger partial charge < -0.3 is 5.32 Å². The number of carbonyl (C=O) groups excluding carboxylic acids is 1. The summed E-state index contributed by atoms with van der Waals surface area (Å²) in [4.78, 5) is 18.6. The number of amides is 1. The number of hydrogen-bond acceptors (Lipinski definition) is 3. The predicted octanol–water partition coefficient (Wildman–Crippen LogP) is 3.36. The molecule has 0 aliphatic heterocycles. The Balaban J connectivity index is 1.96. The smallest absolute Gasteiger partial charge is 0.261 e. The zero-order chi connectivity index (χ0) is 13.6. The summed E-state index contributed by atoms with van der Waals surface area (Å²) in [6.07, 6.45) is 2.51. The lowest BCUT2D eigenvalue weighted by atomic mass is 10.1. The first-order chi connectivity index (χ1) is 9.06. The van der Waals surface area contributed by atoms with Gasteiger partial charge in [0, 0.05) is 17.6 Å². The van der Waals surface area contributed by atoms with Crippen molar-refractivity contribution in [2.45, 2.75) is 33.6 Å². The molecule has 2 aromatic rings. The van der Waals surface area contributed by atoms with Crippen LogP contribution in [-0.2, 0) is 0 Å². The normalized spacial score (nSPS) is 14.9. The highest BCUT2D eigenvalue weighted by atomic mass is 32.1. The quantitative estimate of drug-likeness (QED) is 0.932. The minimum atomic E-state index is 0.0597. The van der Waals surface area contributed by atoms with Crippen molar-refractivity contribution in [3.63, 3.8) is 0 Å². The molecule has 1 fully saturated rings. The van der Waals surface area contributed by atoms with E-state index in [0.29, 0.717) is 5.92 Å². The van der Waals surface area contributed by atoms with Crippen molar-refractivity contribution in [3.8, 4) is 0 Å². The summed E-state index contributed by atoms with van der Waals surface area (Å²) < 4.78 is 0. The number of nitrogens with zero attached hydrogens (tertiary/aromatic N) is 1. The molecule has 0 saturated heterocycles. The molecule has 0 aromatic carbocycles. The minimum Gasteiger partial charge on any atom is -0.351 e. The molecule has 0 unspecified atom stereocenters. The third-order valence-electron chi connectivity index (χ3n) is 3.68. The lowest BCUT2D eigenvalue weighted by Gasteiger charge is -2.03. The summed E-state index contributed by atoms with van der Waals surface area (Å²) in [5.41, 5.74) is 3.28. The van der Waals surface area contributed by atoms with Crippen LogP contribution in [0.15, 0.2) is 6.07 Å². The minimum absolute atomic E-state index is 0.0597. The van der Waals surface area contributed by atoms with Gasteiger partial charge in [0.25, 0.3) is 5.91 Å². The van der Waals surface area contributed by atoms with Gasteiger partial charge in [0.2, 0.25) is 0 Å². The fourth-order valence-corrected chi connectivity index (χ4v) is 3.69. The molecule has 0 bridgehead atoms. The van der Waals surface area contributed by atoms with Crippen LogP contribution in [-0.4, -0.2) is 17.4 Å². The molecule has 1 saturated carbocycles. The summed E-state index contributed by atoms with van der Waals surface area (Å²) in [5.74, 6) is 0.769. The van der Waals surface area contributed by atoms with Crippen molar-refractivity contribution >= 4 is 27.5 Å². The molecular weight excluding hydrogens is 256 g/mol. The van der Waals surface area contributed by atoms with Gasteiger partial charge in [0.05, 0.1) is 4.88 Å². The average molecular weight is 274 g/mol. The van der Waals surface area contributed by atoms with Gasteiger partial charge in [-0.25, -0.2) is 4.98 Å². The van der Waals surface area contributed by atoms with Gasteiger partial charge >= 0.3 is 0 Å². The van der Waals surface area contributed by atoms with Crippen LogP contribution < -0.4 is 5.32 Å². The van der Waals surface area contributed by atoms with Gasteiger partial charge in [0.1, 0.15) is 4.83 Å². The predicted molar refractivity (Wildman–Crippen MR) is 78.9 cm³/mol. The Bertz CT molecular complexity index is 656. The van der Waals surface area contributed by atoms with E-state index < -0.39 is 0 Å². The molecule has 3 rings (SSSR count). The Hall–Kier alpha value is -1.42. The zero-order valence-corrected chi connectivity index (χ0v) is 12.4. The number of aromatic nitrogens is 1. The zero-order valence-electron chi connectivity index (χ0n) is 11.5. The van der Waals surface area contributed by atoms with Gasteiger partial charge in [-0.3, -0.25) is 4.79 Å². The van der Waals surface area contributed by atoms with E-state index in [2.05, 4.69) is 23.3 Å². The van der Waals surface area contributed by atoms with Crippen LogP contribution in [0.25, 0.3) is 10.2 Å². The Labute approximate surface area is 117 Å². The monoisotopic (exact) mass is 274 g/mol. The van der Waals surface area contributed by atoms with Crippen LogP contribution in [0.5, 0.6) is 0 Å². The maximum atomic E-state index is 12.2. The highest BCUT2D eigenvalue weighted by Gasteiger charge is 2.23. The van der Waals surface area contributed by atoms with Crippen LogP contribution in [0, 0.1) is 26.7 Å². The van der Waals surface area contributed by atoms with E-state index in [0.717, 1.165) is 32.9 Å². The molecule has 0 spiro atoms. The molecule has 0 atom stereocenters. The molecule has 1 amide bonds. The average Bonchev–Trinajstić information content (AvgIpc) is 3.10. The first-order valence-corrected chi connectivity index (χ1v) is 7.53. The van der Waals surface area contributed by atoms with E-state index in [9.17, 15) is 4.79 Å². The van der Waals surface area contributed by atoms with Crippen LogP contribution in [0.4, 0.5) is 0 Å². The Morgan fingerprint density at radius 1 is 1.42 bits per heavy atom. The Kier molecular flexibility index (Phi) is 3.05. The Morgan fingerprint density at radius 2 is 2.16 bits per heavy atom. The summed E-state index contributed by atoms with van der Waals surface area (Å²) in [6.45, 7) is 6.92. The Morgan fingerprint density at radius 3 is 2.84 bits per heavy atom. The number of fused-ring (bicyclic) bond motifs is 1.